The lowest BCUT2D eigenvalue weighted by Crippen LogP contribution is -2.19. The molecular formula is C23H26N6O3. The van der Waals surface area contributed by atoms with E-state index in [0.29, 0.717) is 12.4 Å². The highest BCUT2D eigenvalue weighted by Crippen LogP contribution is 2.32. The van der Waals surface area contributed by atoms with Gasteiger partial charge in [0, 0.05) is 30.0 Å². The molecule has 9 nitrogen and oxygen atoms in total. The number of nitrogen functional groups attached to an aromatic ring is 1. The minimum absolute atomic E-state index is 0.0440. The second-order valence-corrected chi connectivity index (χ2v) is 8.25. The van der Waals surface area contributed by atoms with Crippen LogP contribution in [-0.2, 0) is 20.8 Å². The van der Waals surface area contributed by atoms with Gasteiger partial charge in [-0.25, -0.2) is 9.67 Å². The summed E-state index contributed by atoms with van der Waals surface area (Å²) in [4.78, 5) is 16.4. The fourth-order valence-electron chi connectivity index (χ4n) is 4.32. The highest BCUT2D eigenvalue weighted by molar-refractivity contribution is 6.08. The molecule has 0 aliphatic carbocycles. The third-order valence-corrected chi connectivity index (χ3v) is 5.99. The Balaban J connectivity index is 1.53. The van der Waals surface area contributed by atoms with Crippen molar-refractivity contribution < 1.29 is 14.3 Å². The van der Waals surface area contributed by atoms with E-state index in [2.05, 4.69) is 10.1 Å². The van der Waals surface area contributed by atoms with Gasteiger partial charge in [0.2, 0.25) is 0 Å². The zero-order chi connectivity index (χ0) is 22.2. The summed E-state index contributed by atoms with van der Waals surface area (Å²) >= 11 is 0. The summed E-state index contributed by atoms with van der Waals surface area (Å²) in [5.74, 6) is -0.182. The Hall–Kier alpha value is -3.46. The number of nitrogens with two attached hydrogens (primary N) is 1. The molecule has 0 bridgehead atoms. The third-order valence-electron chi connectivity index (χ3n) is 5.99. The molecule has 3 aromatic heterocycles. The molecule has 32 heavy (non-hydrogen) atoms. The van der Waals surface area contributed by atoms with Crippen LogP contribution in [0.15, 0.2) is 36.7 Å². The molecule has 1 aliphatic rings. The quantitative estimate of drug-likeness (QED) is 0.478. The summed E-state index contributed by atoms with van der Waals surface area (Å²) in [5.41, 5.74) is 9.78. The Morgan fingerprint density at radius 3 is 2.97 bits per heavy atom. The number of rotatable bonds is 5. The van der Waals surface area contributed by atoms with Gasteiger partial charge in [0.15, 0.2) is 6.23 Å². The number of hydrogen-bond acceptors (Lipinski definition) is 7. The average Bonchev–Trinajstić information content (AvgIpc) is 3.46. The zero-order valence-corrected chi connectivity index (χ0v) is 18.2. The fraction of sp³-hybridized carbons (Fsp3) is 0.391. The third kappa shape index (κ3) is 3.58. The lowest BCUT2D eigenvalue weighted by atomic mass is 10.1. The van der Waals surface area contributed by atoms with Crippen LogP contribution in [0.1, 0.15) is 32.4 Å². The fourth-order valence-corrected chi connectivity index (χ4v) is 4.32. The molecule has 2 N–H and O–H groups in total. The van der Waals surface area contributed by atoms with E-state index >= 15 is 0 Å². The van der Waals surface area contributed by atoms with Gasteiger partial charge in [-0.3, -0.25) is 9.48 Å². The summed E-state index contributed by atoms with van der Waals surface area (Å²) in [5, 5.41) is 10.9. The van der Waals surface area contributed by atoms with Crippen molar-refractivity contribution in [2.24, 2.45) is 5.92 Å². The van der Waals surface area contributed by atoms with Crippen molar-refractivity contribution in [2.75, 3.05) is 19.5 Å². The summed E-state index contributed by atoms with van der Waals surface area (Å²) in [7, 11) is 1.39. The predicted molar refractivity (Wildman–Crippen MR) is 121 cm³/mol. The van der Waals surface area contributed by atoms with E-state index in [1.165, 1.54) is 7.11 Å². The first kappa shape index (κ1) is 20.4. The van der Waals surface area contributed by atoms with E-state index in [1.807, 2.05) is 42.1 Å². The van der Waals surface area contributed by atoms with Gasteiger partial charge >= 0.3 is 5.97 Å². The number of fused-ring (bicyclic) bond motifs is 3. The van der Waals surface area contributed by atoms with Gasteiger partial charge in [-0.05, 0) is 37.5 Å². The maximum atomic E-state index is 11.8. The topological polar surface area (TPSA) is 110 Å². The summed E-state index contributed by atoms with van der Waals surface area (Å²) in [6.07, 6.45) is 6.77. The van der Waals surface area contributed by atoms with Crippen molar-refractivity contribution in [2.45, 2.75) is 39.0 Å². The normalized spacial score (nSPS) is 17.6. The maximum Gasteiger partial charge on any atom is 0.310 e. The highest BCUT2D eigenvalue weighted by atomic mass is 16.5. The monoisotopic (exact) mass is 434 g/mol. The molecule has 0 radical (unpaired) electrons. The van der Waals surface area contributed by atoms with Crippen LogP contribution in [0.4, 0.5) is 5.82 Å². The highest BCUT2D eigenvalue weighted by Gasteiger charge is 2.21. The maximum absolute atomic E-state index is 11.8. The Kier molecular flexibility index (Phi) is 5.26. The number of pyridine rings is 1. The number of benzene rings is 1. The van der Waals surface area contributed by atoms with Gasteiger partial charge in [0.1, 0.15) is 11.3 Å². The van der Waals surface area contributed by atoms with Crippen molar-refractivity contribution in [3.8, 4) is 11.3 Å². The van der Waals surface area contributed by atoms with E-state index < -0.39 is 0 Å². The lowest BCUT2D eigenvalue weighted by molar-refractivity contribution is -0.145. The molecule has 0 amide bonds. The summed E-state index contributed by atoms with van der Waals surface area (Å²) in [6.45, 7) is 2.97. The van der Waals surface area contributed by atoms with Crippen LogP contribution in [-0.4, -0.2) is 44.2 Å². The Labute approximate surface area is 185 Å². The minimum atomic E-state index is -0.316. The largest absolute Gasteiger partial charge is 0.469 e. The number of nitrogens with zero attached hydrogens (tertiary/aromatic N) is 5. The smallest absolute Gasteiger partial charge is 0.310 e. The van der Waals surface area contributed by atoms with Crippen molar-refractivity contribution in [1.82, 2.24) is 24.5 Å². The first-order valence-corrected chi connectivity index (χ1v) is 10.8. The number of anilines is 1. The number of ether oxygens (including phenoxy) is 2. The number of aromatic nitrogens is 5. The number of hydrogen-bond donors (Lipinski definition) is 1. The number of methoxy groups -OCH3 is 1. The zero-order valence-electron chi connectivity index (χ0n) is 18.2. The SMILES string of the molecule is COC(=O)C(C)Cn1cc2c(N)nc3cc(-c4ccnn4C4CCCCO4)ccc3c2n1. The molecule has 4 aromatic rings. The van der Waals surface area contributed by atoms with Crippen molar-refractivity contribution in [3.05, 3.63) is 36.7 Å². The van der Waals surface area contributed by atoms with E-state index in [9.17, 15) is 4.79 Å². The molecule has 1 fully saturated rings. The molecule has 2 atom stereocenters. The Morgan fingerprint density at radius 1 is 1.31 bits per heavy atom. The molecule has 1 aromatic carbocycles. The molecule has 0 saturated carbocycles. The van der Waals surface area contributed by atoms with E-state index in [4.69, 9.17) is 20.3 Å². The van der Waals surface area contributed by atoms with Crippen LogP contribution >= 0.6 is 0 Å². The molecule has 1 aliphatic heterocycles. The van der Waals surface area contributed by atoms with Gasteiger partial charge < -0.3 is 15.2 Å². The first-order valence-electron chi connectivity index (χ1n) is 10.8. The van der Waals surface area contributed by atoms with Gasteiger partial charge in [-0.15, -0.1) is 0 Å². The molecule has 5 rings (SSSR count). The molecule has 9 heteroatoms. The first-order chi connectivity index (χ1) is 15.5. The van der Waals surface area contributed by atoms with Crippen LogP contribution in [0.5, 0.6) is 0 Å². The molecule has 2 unspecified atom stereocenters. The van der Waals surface area contributed by atoms with Crippen LogP contribution < -0.4 is 5.73 Å². The van der Waals surface area contributed by atoms with E-state index in [1.54, 1.807) is 10.9 Å². The van der Waals surface area contributed by atoms with Crippen molar-refractivity contribution in [1.29, 1.82) is 0 Å². The van der Waals surface area contributed by atoms with E-state index in [0.717, 1.165) is 58.9 Å². The lowest BCUT2D eigenvalue weighted by Gasteiger charge is -2.24. The van der Waals surface area contributed by atoms with Gasteiger partial charge in [-0.2, -0.15) is 10.2 Å². The van der Waals surface area contributed by atoms with Crippen molar-refractivity contribution >= 4 is 33.6 Å². The number of carbonyl (C=O) groups excluding carboxylic acids is 1. The van der Waals surface area contributed by atoms with Crippen LogP contribution in [0.25, 0.3) is 33.1 Å². The predicted octanol–water partition coefficient (Wildman–Crippen LogP) is 3.54. The number of esters is 1. The number of carbonyl (C=O) groups is 1. The molecule has 0 spiro atoms. The Morgan fingerprint density at radius 2 is 2.19 bits per heavy atom. The average molecular weight is 435 g/mol. The molecule has 4 heterocycles. The van der Waals surface area contributed by atoms with E-state index in [-0.39, 0.29) is 18.1 Å². The van der Waals surface area contributed by atoms with Gasteiger partial charge in [-0.1, -0.05) is 13.0 Å². The molecule has 1 saturated heterocycles. The summed E-state index contributed by atoms with van der Waals surface area (Å²) < 4.78 is 14.4. The molecular weight excluding hydrogens is 408 g/mol. The van der Waals surface area contributed by atoms with Gasteiger partial charge in [0.25, 0.3) is 0 Å². The second-order valence-electron chi connectivity index (χ2n) is 8.25. The summed E-state index contributed by atoms with van der Waals surface area (Å²) in [6, 6.07) is 8.06. The van der Waals surface area contributed by atoms with Crippen LogP contribution in [0.2, 0.25) is 0 Å². The Bertz CT molecular complexity index is 1290. The van der Waals surface area contributed by atoms with Crippen LogP contribution in [0.3, 0.4) is 0 Å². The second kappa shape index (κ2) is 8.23. The standard InChI is InChI=1S/C23H26N6O3/c1-14(23(30)31-2)12-28-13-17-21(27-28)16-7-6-15(11-18(16)26-22(17)24)19-8-9-25-29(19)20-5-3-4-10-32-20/h6-9,11,13-14,20H,3-5,10,12H2,1-2H3,(H2,24,26). The minimum Gasteiger partial charge on any atom is -0.469 e. The van der Waals surface area contributed by atoms with Gasteiger partial charge in [0.05, 0.1) is 36.2 Å². The van der Waals surface area contributed by atoms with Crippen LogP contribution in [0, 0.1) is 5.92 Å². The molecule has 166 valence electrons. The van der Waals surface area contributed by atoms with Crippen molar-refractivity contribution in [3.63, 3.8) is 0 Å².